The highest BCUT2D eigenvalue weighted by atomic mass is 35.5. The fourth-order valence-electron chi connectivity index (χ4n) is 3.40. The molecule has 0 fully saturated rings. The van der Waals surface area contributed by atoms with Gasteiger partial charge >= 0.3 is 0 Å². The number of hydrogen-bond acceptors (Lipinski definition) is 6. The fraction of sp³-hybridized carbons (Fsp3) is 0.208. The zero-order valence-corrected chi connectivity index (χ0v) is 20.8. The van der Waals surface area contributed by atoms with E-state index in [4.69, 9.17) is 16.3 Å². The molecule has 0 spiro atoms. The Morgan fingerprint density at radius 1 is 1.00 bits per heavy atom. The molecule has 0 radical (unpaired) electrons. The van der Waals surface area contributed by atoms with Gasteiger partial charge in [-0.15, -0.1) is 0 Å². The molecule has 8 nitrogen and oxygen atoms in total. The van der Waals surface area contributed by atoms with E-state index >= 15 is 0 Å². The summed E-state index contributed by atoms with van der Waals surface area (Å²) >= 11 is 5.94. The number of rotatable bonds is 7. The average molecular weight is 498 g/mol. The van der Waals surface area contributed by atoms with Crippen LogP contribution in [-0.2, 0) is 15.8 Å². The summed E-state index contributed by atoms with van der Waals surface area (Å²) in [5, 5.41) is 5.04. The Hall–Kier alpha value is -3.43. The quantitative estimate of drug-likeness (QED) is 0.372. The largest absolute Gasteiger partial charge is 0.439 e. The SMILES string of the molecule is Cc1nc(Oc2ccc(NS(=O)(=O)Cc3cccc(Cl)c3)cc2)cc(-n2nc(C)c(C)c2C)n1. The highest BCUT2D eigenvalue weighted by molar-refractivity contribution is 7.91. The molecule has 0 saturated heterocycles. The second kappa shape index (κ2) is 9.44. The summed E-state index contributed by atoms with van der Waals surface area (Å²) in [5.41, 5.74) is 4.06. The molecule has 0 bridgehead atoms. The Morgan fingerprint density at radius 2 is 1.74 bits per heavy atom. The lowest BCUT2D eigenvalue weighted by Gasteiger charge is -2.11. The third-order valence-corrected chi connectivity index (χ3v) is 6.76. The van der Waals surface area contributed by atoms with Crippen molar-refractivity contribution in [2.24, 2.45) is 0 Å². The summed E-state index contributed by atoms with van der Waals surface area (Å²) in [6.07, 6.45) is 0. The van der Waals surface area contributed by atoms with Gasteiger partial charge in [-0.1, -0.05) is 23.7 Å². The number of benzene rings is 2. The smallest absolute Gasteiger partial charge is 0.236 e. The van der Waals surface area contributed by atoms with Crippen molar-refractivity contribution in [1.82, 2.24) is 19.7 Å². The molecule has 4 aromatic rings. The predicted molar refractivity (Wildman–Crippen MR) is 132 cm³/mol. The molecule has 0 atom stereocenters. The number of sulfonamides is 1. The molecule has 34 heavy (non-hydrogen) atoms. The number of nitrogens with zero attached hydrogens (tertiary/aromatic N) is 4. The van der Waals surface area contributed by atoms with Crippen molar-refractivity contribution < 1.29 is 13.2 Å². The van der Waals surface area contributed by atoms with Crippen LogP contribution in [0, 0.1) is 27.7 Å². The predicted octanol–water partition coefficient (Wildman–Crippen LogP) is 5.28. The Morgan fingerprint density at radius 3 is 2.38 bits per heavy atom. The van der Waals surface area contributed by atoms with E-state index in [0.717, 1.165) is 17.0 Å². The van der Waals surface area contributed by atoms with Gasteiger partial charge in [-0.3, -0.25) is 4.72 Å². The van der Waals surface area contributed by atoms with E-state index in [9.17, 15) is 8.42 Å². The van der Waals surface area contributed by atoms with Gasteiger partial charge in [0.05, 0.1) is 11.4 Å². The lowest BCUT2D eigenvalue weighted by atomic mass is 10.2. The molecule has 2 aromatic carbocycles. The van der Waals surface area contributed by atoms with Crippen molar-refractivity contribution in [2.75, 3.05) is 4.72 Å². The first-order valence-corrected chi connectivity index (χ1v) is 12.5. The van der Waals surface area contributed by atoms with E-state index in [-0.39, 0.29) is 5.75 Å². The van der Waals surface area contributed by atoms with E-state index in [1.807, 2.05) is 20.8 Å². The summed E-state index contributed by atoms with van der Waals surface area (Å²) < 4.78 is 35.3. The van der Waals surface area contributed by atoms with Crippen molar-refractivity contribution in [3.05, 3.63) is 88.0 Å². The van der Waals surface area contributed by atoms with Crippen LogP contribution in [0.25, 0.3) is 5.82 Å². The summed E-state index contributed by atoms with van der Waals surface area (Å²) in [6.45, 7) is 7.74. The summed E-state index contributed by atoms with van der Waals surface area (Å²) in [7, 11) is -3.60. The van der Waals surface area contributed by atoms with Gasteiger partial charge in [0.1, 0.15) is 11.6 Å². The number of nitrogens with one attached hydrogen (secondary N) is 1. The van der Waals surface area contributed by atoms with Gasteiger partial charge in [-0.25, -0.2) is 18.1 Å². The van der Waals surface area contributed by atoms with Crippen LogP contribution in [0.15, 0.2) is 54.6 Å². The van der Waals surface area contributed by atoms with E-state index in [2.05, 4.69) is 19.8 Å². The zero-order valence-electron chi connectivity index (χ0n) is 19.2. The number of halogens is 1. The lowest BCUT2D eigenvalue weighted by molar-refractivity contribution is 0.459. The van der Waals surface area contributed by atoms with Gasteiger partial charge in [0.25, 0.3) is 0 Å². The monoisotopic (exact) mass is 497 g/mol. The number of ether oxygens (including phenoxy) is 1. The van der Waals surface area contributed by atoms with Crippen LogP contribution in [0.5, 0.6) is 11.6 Å². The minimum Gasteiger partial charge on any atom is -0.439 e. The summed E-state index contributed by atoms with van der Waals surface area (Å²) in [6, 6.07) is 15.1. The third-order valence-electron chi connectivity index (χ3n) is 5.27. The van der Waals surface area contributed by atoms with Crippen LogP contribution in [0.3, 0.4) is 0 Å². The highest BCUT2D eigenvalue weighted by Gasteiger charge is 2.14. The third kappa shape index (κ3) is 5.55. The Balaban J connectivity index is 1.48. The summed E-state index contributed by atoms with van der Waals surface area (Å²) in [4.78, 5) is 8.83. The molecule has 2 aromatic heterocycles. The molecule has 0 aliphatic heterocycles. The maximum Gasteiger partial charge on any atom is 0.236 e. The topological polar surface area (TPSA) is 99.0 Å². The second-order valence-corrected chi connectivity index (χ2v) is 10.1. The molecule has 0 aliphatic rings. The van der Waals surface area contributed by atoms with Crippen LogP contribution < -0.4 is 9.46 Å². The first kappa shape index (κ1) is 23.7. The Labute approximate surface area is 203 Å². The Kier molecular flexibility index (Phi) is 6.58. The van der Waals surface area contributed by atoms with E-state index < -0.39 is 10.0 Å². The molecule has 0 unspecified atom stereocenters. The van der Waals surface area contributed by atoms with Crippen LogP contribution in [0.2, 0.25) is 5.02 Å². The fourth-order valence-corrected chi connectivity index (χ4v) is 4.80. The van der Waals surface area contributed by atoms with Crippen molar-refractivity contribution in [2.45, 2.75) is 33.4 Å². The molecule has 0 saturated carbocycles. The molecule has 176 valence electrons. The molecule has 2 heterocycles. The van der Waals surface area contributed by atoms with Crippen LogP contribution in [0.4, 0.5) is 5.69 Å². The summed E-state index contributed by atoms with van der Waals surface area (Å²) in [5.74, 6) is 1.85. The minimum absolute atomic E-state index is 0.180. The molecular formula is C24H24ClN5O3S. The number of aryl methyl sites for hydroxylation is 2. The minimum atomic E-state index is -3.60. The number of hydrogen-bond donors (Lipinski definition) is 1. The van der Waals surface area contributed by atoms with Crippen molar-refractivity contribution in [3.63, 3.8) is 0 Å². The van der Waals surface area contributed by atoms with Gasteiger partial charge in [0, 0.05) is 22.5 Å². The van der Waals surface area contributed by atoms with Crippen LogP contribution in [0.1, 0.15) is 28.3 Å². The van der Waals surface area contributed by atoms with Gasteiger partial charge in [-0.05, 0) is 75.2 Å². The molecular weight excluding hydrogens is 474 g/mol. The molecule has 4 rings (SSSR count). The Bertz CT molecular complexity index is 1450. The first-order valence-electron chi connectivity index (χ1n) is 10.5. The van der Waals surface area contributed by atoms with E-state index in [0.29, 0.717) is 39.5 Å². The number of anilines is 1. The second-order valence-electron chi connectivity index (χ2n) is 7.94. The lowest BCUT2D eigenvalue weighted by Crippen LogP contribution is -2.15. The van der Waals surface area contributed by atoms with Crippen molar-refractivity contribution in [1.29, 1.82) is 0 Å². The molecule has 0 amide bonds. The van der Waals surface area contributed by atoms with Crippen LogP contribution >= 0.6 is 11.6 Å². The maximum atomic E-state index is 12.5. The van der Waals surface area contributed by atoms with Gasteiger partial charge in [0.15, 0.2) is 5.82 Å². The standard InChI is InChI=1S/C24H24ClN5O3S/c1-15-16(2)28-30(17(15)3)23-13-24(27-18(4)26-23)33-22-10-8-21(9-11-22)29-34(31,32)14-19-6-5-7-20(25)12-19/h5-13,29H,14H2,1-4H3. The molecule has 10 heteroatoms. The number of aromatic nitrogens is 4. The highest BCUT2D eigenvalue weighted by Crippen LogP contribution is 2.25. The molecule has 0 aliphatic carbocycles. The molecule has 1 N–H and O–H groups in total. The first-order chi connectivity index (χ1) is 16.1. The van der Waals surface area contributed by atoms with Gasteiger partial charge in [-0.2, -0.15) is 10.1 Å². The van der Waals surface area contributed by atoms with Crippen molar-refractivity contribution >= 4 is 27.3 Å². The van der Waals surface area contributed by atoms with Gasteiger partial charge in [0.2, 0.25) is 15.9 Å². The van der Waals surface area contributed by atoms with Gasteiger partial charge < -0.3 is 4.74 Å². The van der Waals surface area contributed by atoms with Crippen LogP contribution in [-0.4, -0.2) is 28.2 Å². The van der Waals surface area contributed by atoms with E-state index in [1.165, 1.54) is 0 Å². The maximum absolute atomic E-state index is 12.5. The normalized spacial score (nSPS) is 11.4. The van der Waals surface area contributed by atoms with E-state index in [1.54, 1.807) is 66.2 Å². The average Bonchev–Trinajstić information content (AvgIpc) is 3.01. The van der Waals surface area contributed by atoms with Crippen molar-refractivity contribution in [3.8, 4) is 17.4 Å². The zero-order chi connectivity index (χ0) is 24.5.